The zero-order valence-corrected chi connectivity index (χ0v) is 16.9. The number of anilines is 1. The monoisotopic (exact) mass is 407 g/mol. The van der Waals surface area contributed by atoms with Crippen LogP contribution < -0.4 is 10.6 Å². The Morgan fingerprint density at radius 2 is 2.12 bits per heavy atom. The van der Waals surface area contributed by atoms with E-state index in [1.54, 1.807) is 0 Å². The van der Waals surface area contributed by atoms with Crippen molar-refractivity contribution in [3.8, 4) is 0 Å². The molecule has 2 aliphatic rings. The molecule has 1 atom stereocenters. The topological polar surface area (TPSA) is 53.6 Å². The summed E-state index contributed by atoms with van der Waals surface area (Å²) in [5, 5.41) is 6.24. The highest BCUT2D eigenvalue weighted by molar-refractivity contribution is 7.99. The average Bonchev–Trinajstić information content (AvgIpc) is 2.60. The maximum Gasteiger partial charge on any atom is 0.243 e. The molecule has 0 saturated carbocycles. The molecule has 3 rings (SSSR count). The summed E-state index contributed by atoms with van der Waals surface area (Å²) < 4.78 is 5.36. The van der Waals surface area contributed by atoms with E-state index in [1.165, 1.54) is 17.1 Å². The Kier molecular flexibility index (Phi) is 10.2. The minimum absolute atomic E-state index is 0. The highest BCUT2D eigenvalue weighted by Crippen LogP contribution is 2.22. The molecule has 2 heterocycles. The summed E-state index contributed by atoms with van der Waals surface area (Å²) >= 11 is 2.02. The number of rotatable bonds is 4. The molecule has 2 saturated heterocycles. The highest BCUT2D eigenvalue weighted by atomic mass is 35.5. The fourth-order valence-corrected chi connectivity index (χ4v) is 3.92. The Bertz CT molecular complexity index is 551. The molecule has 0 radical (unpaired) electrons. The van der Waals surface area contributed by atoms with E-state index in [-0.39, 0.29) is 36.8 Å². The Labute approximate surface area is 166 Å². The van der Waals surface area contributed by atoms with Gasteiger partial charge in [0.25, 0.3) is 0 Å². The quantitative estimate of drug-likeness (QED) is 0.801. The van der Waals surface area contributed by atoms with Crippen LogP contribution in [-0.4, -0.2) is 61.2 Å². The normalized spacial score (nSPS) is 20.9. The fourth-order valence-electron chi connectivity index (χ4n) is 2.94. The molecule has 0 spiro atoms. The van der Waals surface area contributed by atoms with Gasteiger partial charge in [-0.15, -0.1) is 24.8 Å². The molecule has 2 aliphatic heterocycles. The van der Waals surface area contributed by atoms with Gasteiger partial charge in [-0.1, -0.05) is 12.1 Å². The van der Waals surface area contributed by atoms with Crippen molar-refractivity contribution in [1.29, 1.82) is 0 Å². The molecular weight excluding hydrogens is 381 g/mol. The minimum atomic E-state index is -0.258. The standard InChI is InChI=1S/C17H25N3O2S.2ClH/c1-13-14(11-20-6-9-23-10-7-20)3-2-4-15(13)19-17(21)16-12-22-8-5-18-16;;/h2-4,16,18H,5-12H2,1H3,(H,19,21);2*1H. The van der Waals surface area contributed by atoms with Crippen LogP contribution >= 0.6 is 36.6 Å². The van der Waals surface area contributed by atoms with Crippen molar-refractivity contribution in [2.45, 2.75) is 19.5 Å². The van der Waals surface area contributed by atoms with Gasteiger partial charge < -0.3 is 15.4 Å². The van der Waals surface area contributed by atoms with Gasteiger partial charge in [0.2, 0.25) is 5.91 Å². The largest absolute Gasteiger partial charge is 0.378 e. The van der Waals surface area contributed by atoms with Gasteiger partial charge in [0.1, 0.15) is 6.04 Å². The van der Waals surface area contributed by atoms with Crippen LogP contribution in [0.1, 0.15) is 11.1 Å². The van der Waals surface area contributed by atoms with Crippen LogP contribution in [0.3, 0.4) is 0 Å². The van der Waals surface area contributed by atoms with E-state index in [4.69, 9.17) is 4.74 Å². The first kappa shape index (κ1) is 22.5. The van der Waals surface area contributed by atoms with Gasteiger partial charge in [0.15, 0.2) is 0 Å². The average molecular weight is 408 g/mol. The molecule has 1 amide bonds. The molecule has 142 valence electrons. The van der Waals surface area contributed by atoms with Crippen molar-refractivity contribution in [2.24, 2.45) is 0 Å². The molecule has 25 heavy (non-hydrogen) atoms. The number of thioether (sulfide) groups is 1. The van der Waals surface area contributed by atoms with Gasteiger partial charge in [0, 0.05) is 43.4 Å². The summed E-state index contributed by atoms with van der Waals surface area (Å²) in [6.07, 6.45) is 0. The van der Waals surface area contributed by atoms with Crippen molar-refractivity contribution < 1.29 is 9.53 Å². The number of hydrogen-bond donors (Lipinski definition) is 2. The van der Waals surface area contributed by atoms with E-state index in [0.717, 1.165) is 37.4 Å². The number of carbonyl (C=O) groups excluding carboxylic acids is 1. The summed E-state index contributed by atoms with van der Waals surface area (Å²) in [6, 6.07) is 5.91. The number of nitrogens with one attached hydrogen (secondary N) is 2. The van der Waals surface area contributed by atoms with E-state index < -0.39 is 0 Å². The SMILES string of the molecule is Cc1c(CN2CCSCC2)cccc1NC(=O)C1COCCN1.Cl.Cl. The second-order valence-corrected chi connectivity index (χ2v) is 7.27. The number of nitrogens with zero attached hydrogens (tertiary/aromatic N) is 1. The third kappa shape index (κ3) is 6.31. The van der Waals surface area contributed by atoms with Crippen molar-refractivity contribution in [3.05, 3.63) is 29.3 Å². The summed E-state index contributed by atoms with van der Waals surface area (Å²) in [4.78, 5) is 14.8. The van der Waals surface area contributed by atoms with Crippen LogP contribution in [0.2, 0.25) is 0 Å². The first-order valence-corrected chi connectivity index (χ1v) is 9.40. The van der Waals surface area contributed by atoms with Gasteiger partial charge in [-0.05, 0) is 24.1 Å². The lowest BCUT2D eigenvalue weighted by Gasteiger charge is -2.27. The zero-order chi connectivity index (χ0) is 16.1. The lowest BCUT2D eigenvalue weighted by molar-refractivity contribution is -0.120. The summed E-state index contributed by atoms with van der Waals surface area (Å²) in [6.45, 7) is 7.18. The third-order valence-corrected chi connectivity index (χ3v) is 5.38. The molecule has 0 aromatic heterocycles. The number of morpholine rings is 1. The van der Waals surface area contributed by atoms with Crippen molar-refractivity contribution in [1.82, 2.24) is 10.2 Å². The van der Waals surface area contributed by atoms with Crippen LogP contribution in [0.4, 0.5) is 5.69 Å². The number of amides is 1. The molecule has 5 nitrogen and oxygen atoms in total. The number of halogens is 2. The zero-order valence-electron chi connectivity index (χ0n) is 14.5. The van der Waals surface area contributed by atoms with E-state index >= 15 is 0 Å². The summed E-state index contributed by atoms with van der Waals surface area (Å²) in [7, 11) is 0. The number of hydrogen-bond acceptors (Lipinski definition) is 5. The second kappa shape index (κ2) is 11.3. The van der Waals surface area contributed by atoms with Gasteiger partial charge in [-0.3, -0.25) is 9.69 Å². The van der Waals surface area contributed by atoms with E-state index in [2.05, 4.69) is 28.5 Å². The Balaban J connectivity index is 0.00000156. The number of benzene rings is 1. The van der Waals surface area contributed by atoms with Crippen molar-refractivity contribution in [3.63, 3.8) is 0 Å². The van der Waals surface area contributed by atoms with Crippen LogP contribution in [-0.2, 0) is 16.1 Å². The van der Waals surface area contributed by atoms with Gasteiger partial charge in [-0.2, -0.15) is 11.8 Å². The van der Waals surface area contributed by atoms with Crippen LogP contribution in [0.15, 0.2) is 18.2 Å². The number of ether oxygens (including phenoxy) is 1. The molecular formula is C17H27Cl2N3O2S. The molecule has 2 fully saturated rings. The Morgan fingerprint density at radius 3 is 2.80 bits per heavy atom. The maximum atomic E-state index is 12.4. The lowest BCUT2D eigenvalue weighted by Crippen LogP contribution is -2.48. The molecule has 0 bridgehead atoms. The predicted molar refractivity (Wildman–Crippen MR) is 110 cm³/mol. The number of carbonyl (C=O) groups is 1. The third-order valence-electron chi connectivity index (χ3n) is 4.44. The molecule has 2 N–H and O–H groups in total. The molecule has 1 unspecified atom stereocenters. The van der Waals surface area contributed by atoms with Gasteiger partial charge in [-0.25, -0.2) is 0 Å². The predicted octanol–water partition coefficient (Wildman–Crippen LogP) is 2.31. The van der Waals surface area contributed by atoms with Crippen LogP contribution in [0, 0.1) is 6.92 Å². The van der Waals surface area contributed by atoms with Crippen molar-refractivity contribution >= 4 is 48.2 Å². The van der Waals surface area contributed by atoms with Gasteiger partial charge in [0.05, 0.1) is 13.2 Å². The van der Waals surface area contributed by atoms with Crippen LogP contribution in [0.25, 0.3) is 0 Å². The molecule has 8 heteroatoms. The Hall–Kier alpha value is -0.500. The molecule has 0 aliphatic carbocycles. The van der Waals surface area contributed by atoms with Crippen molar-refractivity contribution in [2.75, 3.05) is 49.7 Å². The van der Waals surface area contributed by atoms with E-state index in [1.807, 2.05) is 23.9 Å². The first-order chi connectivity index (χ1) is 11.2. The Morgan fingerprint density at radius 1 is 1.36 bits per heavy atom. The van der Waals surface area contributed by atoms with E-state index in [0.29, 0.717) is 13.2 Å². The summed E-state index contributed by atoms with van der Waals surface area (Å²) in [5.74, 6) is 2.41. The molecule has 1 aromatic carbocycles. The van der Waals surface area contributed by atoms with Crippen LogP contribution in [0.5, 0.6) is 0 Å². The maximum absolute atomic E-state index is 12.4. The fraction of sp³-hybridized carbons (Fsp3) is 0.588. The minimum Gasteiger partial charge on any atom is -0.378 e. The first-order valence-electron chi connectivity index (χ1n) is 8.24. The van der Waals surface area contributed by atoms with Gasteiger partial charge >= 0.3 is 0 Å². The second-order valence-electron chi connectivity index (χ2n) is 6.05. The highest BCUT2D eigenvalue weighted by Gasteiger charge is 2.22. The summed E-state index contributed by atoms with van der Waals surface area (Å²) in [5.41, 5.74) is 3.37. The lowest BCUT2D eigenvalue weighted by atomic mass is 10.1. The molecule has 1 aromatic rings. The van der Waals surface area contributed by atoms with E-state index in [9.17, 15) is 4.79 Å². The smallest absolute Gasteiger partial charge is 0.243 e.